The van der Waals surface area contributed by atoms with Crippen LogP contribution in [0.5, 0.6) is 0 Å². The molecule has 3 nitrogen and oxygen atoms in total. The maximum Gasteiger partial charge on any atom is 0.409 e. The summed E-state index contributed by atoms with van der Waals surface area (Å²) in [7, 11) is 3.14. The quantitative estimate of drug-likeness (QED) is 0.614. The summed E-state index contributed by atoms with van der Waals surface area (Å²) in [5, 5.41) is 0. The number of methoxy groups -OCH3 is 1. The average molecular weight is 159 g/mol. The molecular formula is C8H17NO2. The van der Waals surface area contributed by atoms with Gasteiger partial charge in [0.15, 0.2) is 0 Å². The lowest BCUT2D eigenvalue weighted by atomic mass is 10.1. The third-order valence-corrected chi connectivity index (χ3v) is 2.04. The Balaban J connectivity index is 4.01. The zero-order valence-corrected chi connectivity index (χ0v) is 7.92. The minimum absolute atomic E-state index is 0.224. The number of hydrogen-bond donors (Lipinski definition) is 0. The van der Waals surface area contributed by atoms with Crippen molar-refractivity contribution in [1.29, 1.82) is 0 Å². The highest BCUT2D eigenvalue weighted by Crippen LogP contribution is 2.08. The number of ether oxygens (including phenoxy) is 1. The number of carbonyl (C=O) groups is 1. The van der Waals surface area contributed by atoms with Gasteiger partial charge in [0.2, 0.25) is 0 Å². The second-order valence-corrected chi connectivity index (χ2v) is 3.07. The van der Waals surface area contributed by atoms with Crippen LogP contribution in [-0.4, -0.2) is 31.2 Å². The molecule has 1 amide bonds. The molecule has 0 radical (unpaired) electrons. The molecule has 66 valence electrons. The normalized spacial score (nSPS) is 12.9. The minimum Gasteiger partial charge on any atom is -0.453 e. The van der Waals surface area contributed by atoms with Gasteiger partial charge in [-0.1, -0.05) is 13.8 Å². The smallest absolute Gasteiger partial charge is 0.409 e. The summed E-state index contributed by atoms with van der Waals surface area (Å²) < 4.78 is 4.57. The van der Waals surface area contributed by atoms with Crippen molar-refractivity contribution in [3.63, 3.8) is 0 Å². The van der Waals surface area contributed by atoms with Crippen LogP contribution in [0.4, 0.5) is 4.79 Å². The summed E-state index contributed by atoms with van der Waals surface area (Å²) in [6.07, 6.45) is -0.272. The van der Waals surface area contributed by atoms with Crippen molar-refractivity contribution >= 4 is 6.09 Å². The summed E-state index contributed by atoms with van der Waals surface area (Å²) in [5.74, 6) is 0.457. The first-order valence-electron chi connectivity index (χ1n) is 3.81. The number of rotatable bonds is 2. The summed E-state index contributed by atoms with van der Waals surface area (Å²) in [4.78, 5) is 12.6. The van der Waals surface area contributed by atoms with Crippen LogP contribution in [0.1, 0.15) is 20.8 Å². The highest BCUT2D eigenvalue weighted by atomic mass is 16.5. The zero-order chi connectivity index (χ0) is 9.02. The van der Waals surface area contributed by atoms with E-state index in [0.29, 0.717) is 5.92 Å². The van der Waals surface area contributed by atoms with Crippen LogP contribution in [-0.2, 0) is 4.74 Å². The number of amides is 1. The second kappa shape index (κ2) is 4.21. The fourth-order valence-corrected chi connectivity index (χ4v) is 0.757. The summed E-state index contributed by atoms with van der Waals surface area (Å²) in [6, 6.07) is 0.224. The molecule has 0 saturated heterocycles. The first kappa shape index (κ1) is 10.3. The summed E-state index contributed by atoms with van der Waals surface area (Å²) in [5.41, 5.74) is 0. The van der Waals surface area contributed by atoms with Crippen LogP contribution in [0.3, 0.4) is 0 Å². The highest BCUT2D eigenvalue weighted by molar-refractivity contribution is 5.67. The van der Waals surface area contributed by atoms with Crippen molar-refractivity contribution in [2.75, 3.05) is 14.2 Å². The Labute approximate surface area is 68.3 Å². The van der Waals surface area contributed by atoms with Gasteiger partial charge >= 0.3 is 6.09 Å². The van der Waals surface area contributed by atoms with E-state index in [1.807, 2.05) is 6.92 Å². The molecule has 0 spiro atoms. The molecule has 0 unspecified atom stereocenters. The lowest BCUT2D eigenvalue weighted by molar-refractivity contribution is 0.111. The standard InChI is InChI=1S/C8H17NO2/c1-6(2)7(3)9(4)8(10)11-5/h6-7H,1-5H3/t7-/m0/s1. The molecule has 0 aromatic rings. The molecule has 3 heteroatoms. The first-order chi connectivity index (χ1) is 5.00. The van der Waals surface area contributed by atoms with Crippen molar-refractivity contribution in [2.45, 2.75) is 26.8 Å². The maximum atomic E-state index is 11.0. The minimum atomic E-state index is -0.272. The Morgan fingerprint density at radius 2 is 1.82 bits per heavy atom. The largest absolute Gasteiger partial charge is 0.453 e. The third kappa shape index (κ3) is 2.78. The van der Waals surface area contributed by atoms with Gasteiger partial charge in [-0.05, 0) is 12.8 Å². The van der Waals surface area contributed by atoms with Gasteiger partial charge in [0, 0.05) is 13.1 Å². The monoisotopic (exact) mass is 159 g/mol. The molecule has 0 aliphatic carbocycles. The molecule has 0 heterocycles. The molecular weight excluding hydrogens is 142 g/mol. The van der Waals surface area contributed by atoms with Gasteiger partial charge in [0.05, 0.1) is 7.11 Å². The van der Waals surface area contributed by atoms with Gasteiger partial charge < -0.3 is 9.64 Å². The SMILES string of the molecule is COC(=O)N(C)[C@@H](C)C(C)C. The van der Waals surface area contributed by atoms with E-state index >= 15 is 0 Å². The predicted molar refractivity (Wildman–Crippen MR) is 44.5 cm³/mol. The third-order valence-electron chi connectivity index (χ3n) is 2.04. The predicted octanol–water partition coefficient (Wildman–Crippen LogP) is 1.73. The van der Waals surface area contributed by atoms with Crippen LogP contribution < -0.4 is 0 Å². The van der Waals surface area contributed by atoms with Crippen LogP contribution in [0.25, 0.3) is 0 Å². The van der Waals surface area contributed by atoms with Crippen molar-refractivity contribution in [3.8, 4) is 0 Å². The molecule has 0 rings (SSSR count). The van der Waals surface area contributed by atoms with Crippen molar-refractivity contribution in [1.82, 2.24) is 4.90 Å². The Kier molecular flexibility index (Phi) is 3.93. The molecule has 0 aromatic carbocycles. The molecule has 0 bridgehead atoms. The van der Waals surface area contributed by atoms with Gasteiger partial charge in [0.1, 0.15) is 0 Å². The van der Waals surface area contributed by atoms with Gasteiger partial charge in [-0.25, -0.2) is 4.79 Å². The van der Waals surface area contributed by atoms with Gasteiger partial charge in [-0.3, -0.25) is 0 Å². The Bertz CT molecular complexity index is 134. The topological polar surface area (TPSA) is 29.5 Å². The van der Waals surface area contributed by atoms with Crippen molar-refractivity contribution < 1.29 is 9.53 Å². The molecule has 1 atom stereocenters. The van der Waals surface area contributed by atoms with Crippen LogP contribution in [0.15, 0.2) is 0 Å². The van der Waals surface area contributed by atoms with E-state index in [-0.39, 0.29) is 12.1 Å². The molecule has 0 N–H and O–H groups in total. The lowest BCUT2D eigenvalue weighted by Gasteiger charge is -2.26. The second-order valence-electron chi connectivity index (χ2n) is 3.07. The molecule has 0 saturated carbocycles. The molecule has 11 heavy (non-hydrogen) atoms. The number of hydrogen-bond acceptors (Lipinski definition) is 2. The number of carbonyl (C=O) groups excluding carboxylic acids is 1. The van der Waals surface area contributed by atoms with E-state index in [2.05, 4.69) is 18.6 Å². The van der Waals surface area contributed by atoms with Gasteiger partial charge in [-0.2, -0.15) is 0 Å². The van der Waals surface area contributed by atoms with E-state index in [1.165, 1.54) is 7.11 Å². The van der Waals surface area contributed by atoms with E-state index in [9.17, 15) is 4.79 Å². The lowest BCUT2D eigenvalue weighted by Crippen LogP contribution is -2.38. The van der Waals surface area contributed by atoms with Crippen LogP contribution >= 0.6 is 0 Å². The highest BCUT2D eigenvalue weighted by Gasteiger charge is 2.18. The summed E-state index contributed by atoms with van der Waals surface area (Å²) >= 11 is 0. The Morgan fingerprint density at radius 1 is 1.36 bits per heavy atom. The van der Waals surface area contributed by atoms with Crippen LogP contribution in [0.2, 0.25) is 0 Å². The molecule has 0 fully saturated rings. The maximum absolute atomic E-state index is 11.0. The number of nitrogens with zero attached hydrogens (tertiary/aromatic N) is 1. The van der Waals surface area contributed by atoms with E-state index in [4.69, 9.17) is 0 Å². The van der Waals surface area contributed by atoms with Crippen molar-refractivity contribution in [3.05, 3.63) is 0 Å². The van der Waals surface area contributed by atoms with E-state index < -0.39 is 0 Å². The van der Waals surface area contributed by atoms with Gasteiger partial charge in [0.25, 0.3) is 0 Å². The van der Waals surface area contributed by atoms with Crippen molar-refractivity contribution in [2.24, 2.45) is 5.92 Å². The van der Waals surface area contributed by atoms with Gasteiger partial charge in [-0.15, -0.1) is 0 Å². The fourth-order valence-electron chi connectivity index (χ4n) is 0.757. The summed E-state index contributed by atoms with van der Waals surface area (Å²) in [6.45, 7) is 6.15. The molecule has 0 aromatic heterocycles. The average Bonchev–Trinajstić information content (AvgIpc) is 2.00. The Hall–Kier alpha value is -0.730. The molecule has 0 aliphatic heterocycles. The first-order valence-corrected chi connectivity index (χ1v) is 3.81. The van der Waals surface area contributed by atoms with Crippen LogP contribution in [0, 0.1) is 5.92 Å². The van der Waals surface area contributed by atoms with E-state index in [0.717, 1.165) is 0 Å². The fraction of sp³-hybridized carbons (Fsp3) is 0.875. The Morgan fingerprint density at radius 3 is 2.09 bits per heavy atom. The van der Waals surface area contributed by atoms with E-state index in [1.54, 1.807) is 11.9 Å². The molecule has 0 aliphatic rings. The zero-order valence-electron chi connectivity index (χ0n) is 7.92.